The third-order valence-electron chi connectivity index (χ3n) is 3.60. The fraction of sp³-hybridized carbons (Fsp3) is 0.611. The second kappa shape index (κ2) is 7.32. The predicted molar refractivity (Wildman–Crippen MR) is 88.1 cm³/mol. The molecule has 1 heterocycles. The van der Waals surface area contributed by atoms with Crippen molar-refractivity contribution in [3.05, 3.63) is 35.9 Å². The minimum absolute atomic E-state index is 0.0912. The third-order valence-corrected chi connectivity index (χ3v) is 3.60. The van der Waals surface area contributed by atoms with Crippen LogP contribution in [-0.2, 0) is 14.2 Å². The normalized spacial score (nSPS) is 22.4. The Morgan fingerprint density at radius 1 is 1.30 bits per heavy atom. The fourth-order valence-corrected chi connectivity index (χ4v) is 2.66. The van der Waals surface area contributed by atoms with E-state index in [1.807, 2.05) is 65.0 Å². The maximum Gasteiger partial charge on any atom is 0.410 e. The van der Waals surface area contributed by atoms with Crippen molar-refractivity contribution in [3.63, 3.8) is 0 Å². The second-order valence-electron chi connectivity index (χ2n) is 6.69. The summed E-state index contributed by atoms with van der Waals surface area (Å²) in [6.45, 7) is 10.5. The smallest absolute Gasteiger partial charge is 0.410 e. The maximum atomic E-state index is 12.4. The number of carbonyl (C=O) groups excluding carboxylic acids is 1. The molecule has 0 radical (unpaired) electrons. The molecule has 0 aliphatic carbocycles. The van der Waals surface area contributed by atoms with Crippen LogP contribution in [0.2, 0.25) is 0 Å². The van der Waals surface area contributed by atoms with Crippen molar-refractivity contribution < 1.29 is 19.0 Å². The average molecular weight is 321 g/mol. The van der Waals surface area contributed by atoms with Crippen LogP contribution < -0.4 is 0 Å². The number of hydrogen-bond donors (Lipinski definition) is 0. The standard InChI is InChI=1S/C18H27NO4/c1-6-21-13(2)22-15-12-19(17(20)23-18(3,4)5)16(15)14-10-8-7-9-11-14/h7-11,13,15-16H,6,12H2,1-5H3/t13-,15+,16-/m0/s1. The highest BCUT2D eigenvalue weighted by atomic mass is 16.7. The monoisotopic (exact) mass is 321 g/mol. The van der Waals surface area contributed by atoms with E-state index in [9.17, 15) is 4.79 Å². The van der Waals surface area contributed by atoms with Crippen LogP contribution in [0.3, 0.4) is 0 Å². The number of amides is 1. The zero-order valence-corrected chi connectivity index (χ0v) is 14.6. The lowest BCUT2D eigenvalue weighted by Gasteiger charge is -2.48. The molecule has 0 unspecified atom stereocenters. The molecule has 1 aliphatic rings. The Kier molecular flexibility index (Phi) is 5.65. The van der Waals surface area contributed by atoms with Crippen LogP contribution in [-0.4, -0.2) is 42.1 Å². The molecule has 128 valence electrons. The van der Waals surface area contributed by atoms with E-state index in [1.54, 1.807) is 4.90 Å². The minimum Gasteiger partial charge on any atom is -0.444 e. The zero-order valence-electron chi connectivity index (χ0n) is 14.6. The number of benzene rings is 1. The van der Waals surface area contributed by atoms with Gasteiger partial charge in [0.25, 0.3) is 0 Å². The fourth-order valence-electron chi connectivity index (χ4n) is 2.66. The first-order chi connectivity index (χ1) is 10.8. The molecule has 0 aromatic heterocycles. The second-order valence-corrected chi connectivity index (χ2v) is 6.69. The number of nitrogens with zero attached hydrogens (tertiary/aromatic N) is 1. The first-order valence-corrected chi connectivity index (χ1v) is 8.13. The predicted octanol–water partition coefficient (Wildman–Crippen LogP) is 3.75. The van der Waals surface area contributed by atoms with E-state index < -0.39 is 5.60 Å². The molecular formula is C18H27NO4. The van der Waals surface area contributed by atoms with Gasteiger partial charge in [-0.15, -0.1) is 0 Å². The number of ether oxygens (including phenoxy) is 3. The lowest BCUT2D eigenvalue weighted by Crippen LogP contribution is -2.58. The molecule has 1 aromatic carbocycles. The average Bonchev–Trinajstić information content (AvgIpc) is 2.42. The van der Waals surface area contributed by atoms with Crippen LogP contribution in [0.1, 0.15) is 46.2 Å². The Morgan fingerprint density at radius 3 is 2.52 bits per heavy atom. The summed E-state index contributed by atoms with van der Waals surface area (Å²) in [7, 11) is 0. The maximum absolute atomic E-state index is 12.4. The summed E-state index contributed by atoms with van der Waals surface area (Å²) < 4.78 is 16.9. The molecule has 1 amide bonds. The van der Waals surface area contributed by atoms with Gasteiger partial charge in [0.05, 0.1) is 12.6 Å². The molecule has 5 heteroatoms. The van der Waals surface area contributed by atoms with Gasteiger partial charge < -0.3 is 14.2 Å². The SMILES string of the molecule is CCO[C@H](C)O[C@@H]1CN(C(=O)OC(C)(C)C)[C@H]1c1ccccc1. The number of rotatable bonds is 5. The van der Waals surface area contributed by atoms with Crippen molar-refractivity contribution in [2.24, 2.45) is 0 Å². The van der Waals surface area contributed by atoms with Crippen LogP contribution in [0, 0.1) is 0 Å². The van der Waals surface area contributed by atoms with Crippen LogP contribution in [0.5, 0.6) is 0 Å². The van der Waals surface area contributed by atoms with E-state index >= 15 is 0 Å². The highest BCUT2D eigenvalue weighted by Gasteiger charge is 2.46. The van der Waals surface area contributed by atoms with Crippen molar-refractivity contribution in [1.29, 1.82) is 0 Å². The lowest BCUT2D eigenvalue weighted by atomic mass is 9.92. The highest BCUT2D eigenvalue weighted by Crippen LogP contribution is 2.37. The molecule has 3 atom stereocenters. The molecular weight excluding hydrogens is 294 g/mol. The van der Waals surface area contributed by atoms with E-state index in [1.165, 1.54) is 0 Å². The van der Waals surface area contributed by atoms with Gasteiger partial charge in [-0.2, -0.15) is 0 Å². The molecule has 0 saturated carbocycles. The van der Waals surface area contributed by atoms with Crippen molar-refractivity contribution in [2.75, 3.05) is 13.2 Å². The van der Waals surface area contributed by atoms with Gasteiger partial charge in [0, 0.05) is 6.61 Å². The topological polar surface area (TPSA) is 48.0 Å². The highest BCUT2D eigenvalue weighted by molar-refractivity contribution is 5.70. The summed E-state index contributed by atoms with van der Waals surface area (Å²) in [4.78, 5) is 14.1. The van der Waals surface area contributed by atoms with Crippen molar-refractivity contribution in [3.8, 4) is 0 Å². The molecule has 0 N–H and O–H groups in total. The summed E-state index contributed by atoms with van der Waals surface area (Å²) >= 11 is 0. The molecule has 1 saturated heterocycles. The van der Waals surface area contributed by atoms with Gasteiger partial charge in [0.15, 0.2) is 6.29 Å². The van der Waals surface area contributed by atoms with Crippen LogP contribution in [0.25, 0.3) is 0 Å². The molecule has 1 aliphatic heterocycles. The Balaban J connectivity index is 2.10. The van der Waals surface area contributed by atoms with E-state index in [0.717, 1.165) is 5.56 Å². The summed E-state index contributed by atoms with van der Waals surface area (Å²) in [5.74, 6) is 0. The first-order valence-electron chi connectivity index (χ1n) is 8.13. The Labute approximate surface area is 138 Å². The van der Waals surface area contributed by atoms with Gasteiger partial charge in [-0.1, -0.05) is 30.3 Å². The number of likely N-dealkylation sites (tertiary alicyclic amines) is 1. The third kappa shape index (κ3) is 4.69. The van der Waals surface area contributed by atoms with E-state index in [-0.39, 0.29) is 24.5 Å². The Bertz CT molecular complexity index is 512. The van der Waals surface area contributed by atoms with Crippen LogP contribution in [0.15, 0.2) is 30.3 Å². The molecule has 1 aromatic rings. The van der Waals surface area contributed by atoms with E-state index in [0.29, 0.717) is 13.2 Å². The number of hydrogen-bond acceptors (Lipinski definition) is 4. The first kappa shape index (κ1) is 17.8. The Hall–Kier alpha value is -1.59. The number of carbonyl (C=O) groups is 1. The van der Waals surface area contributed by atoms with Gasteiger partial charge in [-0.3, -0.25) is 4.90 Å². The quantitative estimate of drug-likeness (QED) is 0.775. The molecule has 1 fully saturated rings. The molecule has 0 bridgehead atoms. The van der Waals surface area contributed by atoms with Crippen molar-refractivity contribution >= 4 is 6.09 Å². The van der Waals surface area contributed by atoms with Gasteiger partial charge in [0.1, 0.15) is 11.7 Å². The summed E-state index contributed by atoms with van der Waals surface area (Å²) in [5.41, 5.74) is 0.529. The Morgan fingerprint density at radius 2 is 1.96 bits per heavy atom. The molecule has 2 rings (SSSR count). The van der Waals surface area contributed by atoms with Crippen molar-refractivity contribution in [2.45, 2.75) is 58.7 Å². The van der Waals surface area contributed by atoms with Gasteiger partial charge in [-0.25, -0.2) is 4.79 Å². The van der Waals surface area contributed by atoms with E-state index in [4.69, 9.17) is 14.2 Å². The summed E-state index contributed by atoms with van der Waals surface area (Å²) in [6.07, 6.45) is -0.696. The van der Waals surface area contributed by atoms with E-state index in [2.05, 4.69) is 0 Å². The summed E-state index contributed by atoms with van der Waals surface area (Å²) in [6, 6.07) is 9.74. The van der Waals surface area contributed by atoms with Crippen molar-refractivity contribution in [1.82, 2.24) is 4.90 Å². The van der Waals surface area contributed by atoms with Gasteiger partial charge >= 0.3 is 6.09 Å². The van der Waals surface area contributed by atoms with Crippen LogP contribution in [0.4, 0.5) is 4.79 Å². The summed E-state index contributed by atoms with van der Waals surface area (Å²) in [5, 5.41) is 0. The molecule has 5 nitrogen and oxygen atoms in total. The van der Waals surface area contributed by atoms with Crippen LogP contribution >= 0.6 is 0 Å². The van der Waals surface area contributed by atoms with Gasteiger partial charge in [-0.05, 0) is 40.2 Å². The molecule has 0 spiro atoms. The minimum atomic E-state index is -0.511. The largest absolute Gasteiger partial charge is 0.444 e. The zero-order chi connectivity index (χ0) is 17.0. The molecule has 23 heavy (non-hydrogen) atoms. The lowest BCUT2D eigenvalue weighted by molar-refractivity contribution is -0.206. The van der Waals surface area contributed by atoms with Gasteiger partial charge in [0.2, 0.25) is 0 Å².